The molecule has 1 saturated heterocycles. The van der Waals surface area contributed by atoms with E-state index in [1.165, 1.54) is 6.42 Å². The summed E-state index contributed by atoms with van der Waals surface area (Å²) in [6, 6.07) is 5.51. The lowest BCUT2D eigenvalue weighted by molar-refractivity contribution is -0.142. The van der Waals surface area contributed by atoms with Gasteiger partial charge in [-0.05, 0) is 31.4 Å². The van der Waals surface area contributed by atoms with E-state index in [0.717, 1.165) is 12.8 Å². The highest BCUT2D eigenvalue weighted by Crippen LogP contribution is 2.38. The highest BCUT2D eigenvalue weighted by atomic mass is 16.5. The first-order valence-electron chi connectivity index (χ1n) is 6.99. The second-order valence-electron chi connectivity index (χ2n) is 5.58. The molecule has 1 amide bonds. The number of hydrogen-bond donors (Lipinski definition) is 0. The van der Waals surface area contributed by atoms with Crippen molar-refractivity contribution in [2.24, 2.45) is 0 Å². The number of nitrogens with zero attached hydrogens (tertiary/aromatic N) is 4. The smallest absolute Gasteiger partial charge is 0.271 e. The Morgan fingerprint density at radius 1 is 1.35 bits per heavy atom. The maximum Gasteiger partial charge on any atom is 0.271 e. The standard InChI is InChI=1S/C14H16N4O2/c19-13(11-3-1-4-12-16-15-10-18(11)12)17-7-8-20-14(9-17)5-2-6-14/h1,3-4,10H,2,5-9H2. The fraction of sp³-hybridized carbons (Fsp3) is 0.500. The normalized spacial score (nSPS) is 21.1. The molecule has 3 heterocycles. The van der Waals surface area contributed by atoms with Crippen LogP contribution >= 0.6 is 0 Å². The molecule has 20 heavy (non-hydrogen) atoms. The molecule has 0 N–H and O–H groups in total. The van der Waals surface area contributed by atoms with Crippen LogP contribution in [0.15, 0.2) is 24.5 Å². The van der Waals surface area contributed by atoms with Crippen LogP contribution in [-0.2, 0) is 4.74 Å². The Bertz CT molecular complexity index is 662. The minimum Gasteiger partial charge on any atom is -0.371 e. The van der Waals surface area contributed by atoms with Crippen LogP contribution in [0.2, 0.25) is 0 Å². The summed E-state index contributed by atoms with van der Waals surface area (Å²) >= 11 is 0. The Balaban J connectivity index is 1.65. The van der Waals surface area contributed by atoms with Crippen molar-refractivity contribution in [1.29, 1.82) is 0 Å². The molecule has 1 saturated carbocycles. The fourth-order valence-corrected chi connectivity index (χ4v) is 3.08. The molecule has 0 atom stereocenters. The number of hydrogen-bond acceptors (Lipinski definition) is 4. The molecule has 4 rings (SSSR count). The quantitative estimate of drug-likeness (QED) is 0.780. The molecule has 1 aliphatic heterocycles. The molecular formula is C14H16N4O2. The monoisotopic (exact) mass is 272 g/mol. The average Bonchev–Trinajstić information content (AvgIpc) is 2.93. The van der Waals surface area contributed by atoms with E-state index in [1.807, 2.05) is 23.1 Å². The Kier molecular flexibility index (Phi) is 2.53. The summed E-state index contributed by atoms with van der Waals surface area (Å²) in [6.45, 7) is 1.98. The molecule has 2 fully saturated rings. The Morgan fingerprint density at radius 3 is 3.05 bits per heavy atom. The lowest BCUT2D eigenvalue weighted by Gasteiger charge is -2.48. The third-order valence-electron chi connectivity index (χ3n) is 4.35. The van der Waals surface area contributed by atoms with Gasteiger partial charge in [-0.2, -0.15) is 0 Å². The summed E-state index contributed by atoms with van der Waals surface area (Å²) in [6.07, 6.45) is 4.91. The van der Waals surface area contributed by atoms with Crippen LogP contribution < -0.4 is 0 Å². The van der Waals surface area contributed by atoms with Gasteiger partial charge in [-0.15, -0.1) is 10.2 Å². The van der Waals surface area contributed by atoms with E-state index >= 15 is 0 Å². The molecule has 1 spiro atoms. The van der Waals surface area contributed by atoms with Gasteiger partial charge in [-0.25, -0.2) is 0 Å². The third-order valence-corrected chi connectivity index (χ3v) is 4.35. The number of ether oxygens (including phenoxy) is 1. The number of amides is 1. The van der Waals surface area contributed by atoms with Crippen molar-refractivity contribution in [3.8, 4) is 0 Å². The largest absolute Gasteiger partial charge is 0.371 e. The summed E-state index contributed by atoms with van der Waals surface area (Å²) in [4.78, 5) is 14.6. The highest BCUT2D eigenvalue weighted by Gasteiger charge is 2.43. The molecule has 0 aromatic carbocycles. The topological polar surface area (TPSA) is 59.7 Å². The van der Waals surface area contributed by atoms with E-state index < -0.39 is 0 Å². The summed E-state index contributed by atoms with van der Waals surface area (Å²) in [5.41, 5.74) is 1.24. The fourth-order valence-electron chi connectivity index (χ4n) is 3.08. The predicted molar refractivity (Wildman–Crippen MR) is 71.4 cm³/mol. The lowest BCUT2D eigenvalue weighted by atomic mass is 9.79. The number of morpholine rings is 1. The molecule has 6 heteroatoms. The van der Waals surface area contributed by atoms with Crippen LogP contribution in [-0.4, -0.2) is 50.7 Å². The second kappa shape index (κ2) is 4.28. The van der Waals surface area contributed by atoms with Crippen LogP contribution in [0.1, 0.15) is 29.8 Å². The summed E-state index contributed by atoms with van der Waals surface area (Å²) in [5, 5.41) is 7.84. The van der Waals surface area contributed by atoms with Crippen molar-refractivity contribution in [2.75, 3.05) is 19.7 Å². The number of rotatable bonds is 1. The van der Waals surface area contributed by atoms with Gasteiger partial charge in [-0.3, -0.25) is 9.20 Å². The van der Waals surface area contributed by atoms with Crippen LogP contribution in [0.5, 0.6) is 0 Å². The molecular weight excluding hydrogens is 256 g/mol. The summed E-state index contributed by atoms with van der Waals surface area (Å²) in [5.74, 6) is 0.0324. The maximum atomic E-state index is 12.7. The lowest BCUT2D eigenvalue weighted by Crippen LogP contribution is -2.57. The zero-order valence-corrected chi connectivity index (χ0v) is 11.2. The van der Waals surface area contributed by atoms with Gasteiger partial charge in [0.05, 0.1) is 18.8 Å². The van der Waals surface area contributed by atoms with Gasteiger partial charge in [0.2, 0.25) is 0 Å². The van der Waals surface area contributed by atoms with Crippen molar-refractivity contribution in [3.63, 3.8) is 0 Å². The second-order valence-corrected chi connectivity index (χ2v) is 5.58. The highest BCUT2D eigenvalue weighted by molar-refractivity contribution is 5.93. The molecule has 2 aromatic heterocycles. The van der Waals surface area contributed by atoms with E-state index in [0.29, 0.717) is 31.0 Å². The molecule has 1 aliphatic carbocycles. The zero-order chi connectivity index (χ0) is 13.6. The van der Waals surface area contributed by atoms with Gasteiger partial charge < -0.3 is 9.64 Å². The summed E-state index contributed by atoms with van der Waals surface area (Å²) < 4.78 is 7.61. The first-order valence-corrected chi connectivity index (χ1v) is 6.99. The van der Waals surface area contributed by atoms with Crippen molar-refractivity contribution < 1.29 is 9.53 Å². The molecule has 2 aliphatic rings. The number of fused-ring (bicyclic) bond motifs is 1. The van der Waals surface area contributed by atoms with Gasteiger partial charge in [0.1, 0.15) is 12.0 Å². The van der Waals surface area contributed by atoms with Gasteiger partial charge in [0, 0.05) is 6.54 Å². The Hall–Kier alpha value is -1.95. The first kappa shape index (κ1) is 11.8. The van der Waals surface area contributed by atoms with E-state index in [-0.39, 0.29) is 11.5 Å². The van der Waals surface area contributed by atoms with Gasteiger partial charge in [-0.1, -0.05) is 6.07 Å². The van der Waals surface area contributed by atoms with Gasteiger partial charge >= 0.3 is 0 Å². The first-order chi connectivity index (χ1) is 9.77. The van der Waals surface area contributed by atoms with Crippen molar-refractivity contribution >= 4 is 11.6 Å². The molecule has 2 aromatic rings. The van der Waals surface area contributed by atoms with E-state index in [1.54, 1.807) is 10.7 Å². The number of pyridine rings is 1. The molecule has 6 nitrogen and oxygen atoms in total. The van der Waals surface area contributed by atoms with Crippen molar-refractivity contribution in [1.82, 2.24) is 19.5 Å². The molecule has 0 bridgehead atoms. The third kappa shape index (κ3) is 1.71. The van der Waals surface area contributed by atoms with Gasteiger partial charge in [0.25, 0.3) is 5.91 Å². The maximum absolute atomic E-state index is 12.7. The van der Waals surface area contributed by atoms with Crippen molar-refractivity contribution in [2.45, 2.75) is 24.9 Å². The minimum absolute atomic E-state index is 0.0324. The van der Waals surface area contributed by atoms with Crippen LogP contribution in [0.3, 0.4) is 0 Å². The van der Waals surface area contributed by atoms with Crippen LogP contribution in [0.4, 0.5) is 0 Å². The zero-order valence-electron chi connectivity index (χ0n) is 11.2. The predicted octanol–water partition coefficient (Wildman–Crippen LogP) is 1.12. The van der Waals surface area contributed by atoms with E-state index in [9.17, 15) is 4.79 Å². The number of carbonyl (C=O) groups excluding carboxylic acids is 1. The van der Waals surface area contributed by atoms with Crippen LogP contribution in [0, 0.1) is 0 Å². The minimum atomic E-state index is -0.0744. The van der Waals surface area contributed by atoms with Gasteiger partial charge in [0.15, 0.2) is 5.65 Å². The van der Waals surface area contributed by atoms with E-state index in [4.69, 9.17) is 4.74 Å². The van der Waals surface area contributed by atoms with Crippen LogP contribution in [0.25, 0.3) is 5.65 Å². The number of carbonyl (C=O) groups is 1. The average molecular weight is 272 g/mol. The molecule has 0 radical (unpaired) electrons. The van der Waals surface area contributed by atoms with E-state index in [2.05, 4.69) is 10.2 Å². The Morgan fingerprint density at radius 2 is 2.25 bits per heavy atom. The Labute approximate surface area is 116 Å². The molecule has 0 unspecified atom stereocenters. The SMILES string of the molecule is O=C(c1cccc2nncn12)N1CCOC2(CCC2)C1. The number of aromatic nitrogens is 3. The van der Waals surface area contributed by atoms with Crippen molar-refractivity contribution in [3.05, 3.63) is 30.2 Å². The summed E-state index contributed by atoms with van der Waals surface area (Å²) in [7, 11) is 0. The molecule has 104 valence electrons.